The zero-order valence-electron chi connectivity index (χ0n) is 5.13. The van der Waals surface area contributed by atoms with E-state index in [-0.39, 0.29) is 12.5 Å². The van der Waals surface area contributed by atoms with Crippen LogP contribution in [0, 0.1) is 0 Å². The van der Waals surface area contributed by atoms with E-state index in [2.05, 4.69) is 17.5 Å². The van der Waals surface area contributed by atoms with E-state index in [9.17, 15) is 4.79 Å². The third-order valence-corrected chi connectivity index (χ3v) is 1.03. The monoisotopic (exact) mass is 147 g/mol. The predicted octanol–water partition coefficient (Wildman–Crippen LogP) is -0.517. The number of aliphatic hydroxyl groups is 1. The smallest absolute Gasteiger partial charge is 0.216 e. The fraction of sp³-hybridized carbons (Fsp3) is 0.600. The maximum Gasteiger partial charge on any atom is 0.216 e. The number of rotatable bonds is 3. The van der Waals surface area contributed by atoms with E-state index in [1.165, 1.54) is 12.3 Å². The summed E-state index contributed by atoms with van der Waals surface area (Å²) in [5.74, 6) is -0.161. The van der Waals surface area contributed by atoms with Crippen molar-refractivity contribution >= 4 is 23.5 Å². The Labute approximate surface area is 59.1 Å². The van der Waals surface area contributed by atoms with Crippen LogP contribution in [0.1, 0.15) is 6.92 Å². The number of aliphatic hydroxyl groups excluding tert-OH is 1. The normalized spacial score (nSPS) is 12.2. The van der Waals surface area contributed by atoms with Gasteiger partial charge in [0.2, 0.25) is 5.91 Å². The van der Waals surface area contributed by atoms with Gasteiger partial charge in [0.05, 0.1) is 6.10 Å². The number of thiocarbonyl (C=S) groups is 1. The van der Waals surface area contributed by atoms with E-state index in [1.807, 2.05) is 0 Å². The Bertz CT molecular complexity index is 116. The van der Waals surface area contributed by atoms with Crippen LogP contribution in [0.5, 0.6) is 0 Å². The lowest BCUT2D eigenvalue weighted by Gasteiger charge is -2.02. The molecular weight excluding hydrogens is 138 g/mol. The lowest BCUT2D eigenvalue weighted by Crippen LogP contribution is -2.30. The second-order valence-electron chi connectivity index (χ2n) is 1.64. The first kappa shape index (κ1) is 8.52. The van der Waals surface area contributed by atoms with Crippen molar-refractivity contribution in [1.82, 2.24) is 5.32 Å². The fourth-order valence-corrected chi connectivity index (χ4v) is 0.393. The van der Waals surface area contributed by atoms with Crippen LogP contribution in [0.3, 0.4) is 0 Å². The highest BCUT2D eigenvalue weighted by Gasteiger charge is 1.97. The molecule has 2 N–H and O–H groups in total. The minimum atomic E-state index is -0.705. The minimum Gasteiger partial charge on any atom is -0.386 e. The molecule has 0 heterocycles. The summed E-state index contributed by atoms with van der Waals surface area (Å²) in [6, 6.07) is 0. The average molecular weight is 147 g/mol. The molecule has 1 unspecified atom stereocenters. The number of hydrogen-bond acceptors (Lipinski definition) is 3. The van der Waals surface area contributed by atoms with Gasteiger partial charge in [-0.1, -0.05) is 12.2 Å². The molecule has 0 rings (SSSR count). The zero-order valence-corrected chi connectivity index (χ0v) is 5.94. The van der Waals surface area contributed by atoms with Gasteiger partial charge in [-0.3, -0.25) is 4.79 Å². The summed E-state index contributed by atoms with van der Waals surface area (Å²) in [6.45, 7) is 1.59. The Morgan fingerprint density at radius 1 is 2.00 bits per heavy atom. The molecule has 0 aromatic heterocycles. The third kappa shape index (κ3) is 5.39. The number of carbonyl (C=O) groups is 1. The molecule has 0 saturated carbocycles. The van der Waals surface area contributed by atoms with Gasteiger partial charge in [0, 0.05) is 18.8 Å². The molecule has 0 bridgehead atoms. The Morgan fingerprint density at radius 3 is 2.89 bits per heavy atom. The first-order valence-electron chi connectivity index (χ1n) is 2.54. The third-order valence-electron chi connectivity index (χ3n) is 0.717. The zero-order chi connectivity index (χ0) is 7.28. The molecule has 9 heavy (non-hydrogen) atoms. The number of amides is 1. The molecule has 0 saturated heterocycles. The van der Waals surface area contributed by atoms with E-state index in [0.717, 1.165) is 0 Å². The van der Waals surface area contributed by atoms with Crippen molar-refractivity contribution in [3.8, 4) is 0 Å². The molecule has 0 aliphatic heterocycles. The van der Waals surface area contributed by atoms with Crippen molar-refractivity contribution in [3.63, 3.8) is 0 Å². The molecule has 0 aliphatic carbocycles. The molecule has 0 spiro atoms. The molecular formula is C5H9NO2S. The van der Waals surface area contributed by atoms with Crippen molar-refractivity contribution in [2.45, 2.75) is 13.0 Å². The Balaban J connectivity index is 3.26. The minimum absolute atomic E-state index is 0.161. The van der Waals surface area contributed by atoms with E-state index in [4.69, 9.17) is 5.11 Å². The summed E-state index contributed by atoms with van der Waals surface area (Å²) in [6.07, 6.45) is -0.705. The largest absolute Gasteiger partial charge is 0.386 e. The van der Waals surface area contributed by atoms with Gasteiger partial charge in [0.25, 0.3) is 0 Å². The van der Waals surface area contributed by atoms with Crippen LogP contribution >= 0.6 is 12.2 Å². The molecule has 4 heteroatoms. The van der Waals surface area contributed by atoms with Gasteiger partial charge in [-0.05, 0) is 0 Å². The molecule has 3 nitrogen and oxygen atoms in total. The summed E-state index contributed by atoms with van der Waals surface area (Å²) < 4.78 is 0. The van der Waals surface area contributed by atoms with E-state index >= 15 is 0 Å². The lowest BCUT2D eigenvalue weighted by molar-refractivity contribution is -0.119. The standard InChI is InChI=1S/C5H9NO2S/c1-4(7)6-2-5(8)3-9/h3,5,8H,2H2,1H3,(H,6,7). The average Bonchev–Trinajstić information content (AvgIpc) is 1.83. The van der Waals surface area contributed by atoms with Crippen LogP contribution in [0.25, 0.3) is 0 Å². The van der Waals surface area contributed by atoms with E-state index < -0.39 is 6.10 Å². The Kier molecular flexibility index (Phi) is 4.17. The number of hydrogen-bond donors (Lipinski definition) is 2. The molecule has 0 aromatic rings. The topological polar surface area (TPSA) is 49.3 Å². The van der Waals surface area contributed by atoms with Gasteiger partial charge in [-0.15, -0.1) is 0 Å². The summed E-state index contributed by atoms with van der Waals surface area (Å²) in [5, 5.41) is 12.3. The maximum atomic E-state index is 10.2. The summed E-state index contributed by atoms with van der Waals surface area (Å²) in [5.41, 5.74) is 0. The van der Waals surface area contributed by atoms with Gasteiger partial charge in [-0.25, -0.2) is 0 Å². The predicted molar refractivity (Wildman–Crippen MR) is 38.3 cm³/mol. The molecule has 0 aromatic carbocycles. The highest BCUT2D eigenvalue weighted by Crippen LogP contribution is 1.73. The molecule has 52 valence electrons. The quantitative estimate of drug-likeness (QED) is 0.528. The fourth-order valence-electron chi connectivity index (χ4n) is 0.296. The van der Waals surface area contributed by atoms with Gasteiger partial charge in [-0.2, -0.15) is 0 Å². The Morgan fingerprint density at radius 2 is 2.56 bits per heavy atom. The van der Waals surface area contributed by atoms with Crippen LogP contribution in [-0.4, -0.2) is 29.0 Å². The van der Waals surface area contributed by atoms with E-state index in [0.29, 0.717) is 0 Å². The van der Waals surface area contributed by atoms with Gasteiger partial charge in [0.1, 0.15) is 0 Å². The summed E-state index contributed by atoms with van der Waals surface area (Å²) in [4.78, 5) is 10.2. The Hall–Kier alpha value is -0.480. The summed E-state index contributed by atoms with van der Waals surface area (Å²) >= 11 is 4.40. The van der Waals surface area contributed by atoms with Crippen molar-refractivity contribution in [2.24, 2.45) is 0 Å². The van der Waals surface area contributed by atoms with Gasteiger partial charge in [0.15, 0.2) is 0 Å². The second-order valence-corrected chi connectivity index (χ2v) is 1.91. The van der Waals surface area contributed by atoms with Crippen LogP contribution in [0.15, 0.2) is 0 Å². The van der Waals surface area contributed by atoms with Gasteiger partial charge >= 0.3 is 0 Å². The van der Waals surface area contributed by atoms with Crippen LogP contribution in [0.4, 0.5) is 0 Å². The number of carbonyl (C=O) groups excluding carboxylic acids is 1. The van der Waals surface area contributed by atoms with Crippen molar-refractivity contribution in [1.29, 1.82) is 0 Å². The van der Waals surface area contributed by atoms with E-state index in [1.54, 1.807) is 0 Å². The lowest BCUT2D eigenvalue weighted by atomic mass is 10.4. The van der Waals surface area contributed by atoms with Crippen LogP contribution in [-0.2, 0) is 4.79 Å². The first-order valence-corrected chi connectivity index (χ1v) is 3.01. The molecule has 1 amide bonds. The highest BCUT2D eigenvalue weighted by atomic mass is 32.1. The van der Waals surface area contributed by atoms with Crippen LogP contribution in [0.2, 0.25) is 0 Å². The molecule has 0 radical (unpaired) electrons. The number of nitrogens with one attached hydrogen (secondary N) is 1. The molecule has 0 fully saturated rings. The molecule has 0 aliphatic rings. The van der Waals surface area contributed by atoms with Crippen molar-refractivity contribution < 1.29 is 9.90 Å². The van der Waals surface area contributed by atoms with Crippen molar-refractivity contribution in [2.75, 3.05) is 6.54 Å². The van der Waals surface area contributed by atoms with Crippen molar-refractivity contribution in [3.05, 3.63) is 0 Å². The second kappa shape index (κ2) is 4.40. The summed E-state index contributed by atoms with van der Waals surface area (Å²) in [7, 11) is 0. The SMILES string of the molecule is CC(=O)NCC(O)C=S. The van der Waals surface area contributed by atoms with Crippen LogP contribution < -0.4 is 5.32 Å². The first-order chi connectivity index (χ1) is 4.16. The highest BCUT2D eigenvalue weighted by molar-refractivity contribution is 7.79. The molecule has 1 atom stereocenters. The maximum absolute atomic E-state index is 10.2. The van der Waals surface area contributed by atoms with Gasteiger partial charge < -0.3 is 10.4 Å².